The van der Waals surface area contributed by atoms with E-state index < -0.39 is 72.2 Å². The maximum atomic E-state index is 14.3. The summed E-state index contributed by atoms with van der Waals surface area (Å²) in [5.74, 6) is -5.02. The number of hydrogen-bond donors (Lipinski definition) is 2. The number of guanidine groups is 1. The van der Waals surface area contributed by atoms with Crippen LogP contribution >= 0.6 is 11.6 Å². The first-order chi connectivity index (χ1) is 20.2. The molecule has 0 saturated heterocycles. The van der Waals surface area contributed by atoms with Crippen LogP contribution in [0.1, 0.15) is 43.4 Å². The molecule has 43 heavy (non-hydrogen) atoms. The van der Waals surface area contributed by atoms with Gasteiger partial charge in [0, 0.05) is 27.4 Å². The second-order valence-electron chi connectivity index (χ2n) is 9.73. The number of anilines is 3. The third-order valence-electron chi connectivity index (χ3n) is 7.00. The zero-order valence-corrected chi connectivity index (χ0v) is 22.0. The number of fused-ring (bicyclic) bond motifs is 5. The molecule has 222 valence electrons. The highest BCUT2D eigenvalue weighted by atomic mass is 35.5. The highest BCUT2D eigenvalue weighted by Gasteiger charge is 2.47. The highest BCUT2D eigenvalue weighted by molar-refractivity contribution is 6.32. The van der Waals surface area contributed by atoms with Crippen molar-refractivity contribution in [1.29, 1.82) is 0 Å². The Balaban J connectivity index is 1.56. The lowest BCUT2D eigenvalue weighted by atomic mass is 9.94. The van der Waals surface area contributed by atoms with E-state index in [1.165, 1.54) is 17.0 Å². The first-order valence-corrected chi connectivity index (χ1v) is 12.7. The normalized spacial score (nSPS) is 17.2. The van der Waals surface area contributed by atoms with Crippen LogP contribution in [0.3, 0.4) is 0 Å². The van der Waals surface area contributed by atoms with Crippen LogP contribution in [0.4, 0.5) is 47.8 Å². The van der Waals surface area contributed by atoms with Crippen LogP contribution in [0, 0.1) is 11.6 Å². The summed E-state index contributed by atoms with van der Waals surface area (Å²) in [6.07, 6.45) is -7.93. The van der Waals surface area contributed by atoms with E-state index >= 15 is 0 Å². The smallest absolute Gasteiger partial charge is 0.341 e. The topological polar surface area (TPSA) is 94.1 Å². The van der Waals surface area contributed by atoms with Crippen LogP contribution in [0.15, 0.2) is 47.5 Å². The molecule has 0 saturated carbocycles. The van der Waals surface area contributed by atoms with E-state index in [-0.39, 0.29) is 50.8 Å². The molecule has 0 fully saturated rings. The fourth-order valence-corrected chi connectivity index (χ4v) is 5.56. The molecule has 3 aliphatic heterocycles. The minimum absolute atomic E-state index is 0.00381. The molecule has 0 radical (unpaired) electrons. The van der Waals surface area contributed by atoms with Crippen LogP contribution in [0.25, 0.3) is 0 Å². The number of hydrogen-bond acceptors (Lipinski definition) is 5. The lowest BCUT2D eigenvalue weighted by Gasteiger charge is -2.21. The molecule has 3 aliphatic rings. The lowest BCUT2D eigenvalue weighted by Crippen LogP contribution is -2.38. The molecule has 0 aromatic heterocycles. The Morgan fingerprint density at radius 2 is 1.84 bits per heavy atom. The van der Waals surface area contributed by atoms with Gasteiger partial charge in [0.2, 0.25) is 5.96 Å². The Hall–Kier alpha value is -4.66. The summed E-state index contributed by atoms with van der Waals surface area (Å²) in [6, 6.07) is 4.37. The third-order valence-corrected chi connectivity index (χ3v) is 7.34. The Morgan fingerprint density at radius 1 is 1.09 bits per heavy atom. The minimum atomic E-state index is -4.98. The molecule has 6 rings (SSSR count). The number of nitrogens with one attached hydrogen (secondary N) is 2. The standard InChI is InChI=1S/C27H15ClF7N5O3/c28-15-2-1-12(29)6-14(15)22-20-16(36-24(42)10-3-11(27(33,34)35)5-13(30)4-10)7-17-23(21(20)25(43)38-22)40-9-19(41)37-26(40)39(17)8-18(31)32/h1-7,18,22H,8-9H2,(H,36,42)(H,38,43). The van der Waals surface area contributed by atoms with Crippen LogP contribution in [0.5, 0.6) is 0 Å². The van der Waals surface area contributed by atoms with E-state index in [1.807, 2.05) is 0 Å². The van der Waals surface area contributed by atoms with Gasteiger partial charge in [0.05, 0.1) is 35.1 Å². The van der Waals surface area contributed by atoms with E-state index in [0.717, 1.165) is 17.0 Å². The van der Waals surface area contributed by atoms with Crippen molar-refractivity contribution < 1.29 is 45.1 Å². The number of alkyl halides is 5. The molecule has 3 aromatic carbocycles. The van der Waals surface area contributed by atoms with Crippen molar-refractivity contribution >= 4 is 52.3 Å². The van der Waals surface area contributed by atoms with E-state index in [9.17, 15) is 45.1 Å². The third kappa shape index (κ3) is 4.82. The van der Waals surface area contributed by atoms with Gasteiger partial charge in [0.15, 0.2) is 0 Å². The molecule has 3 aromatic rings. The van der Waals surface area contributed by atoms with Crippen LogP contribution in [0.2, 0.25) is 5.02 Å². The molecule has 16 heteroatoms. The molecule has 8 nitrogen and oxygen atoms in total. The first-order valence-electron chi connectivity index (χ1n) is 12.3. The fraction of sp³-hybridized carbons (Fsp3) is 0.185. The van der Waals surface area contributed by atoms with Gasteiger partial charge in [-0.1, -0.05) is 11.6 Å². The van der Waals surface area contributed by atoms with Gasteiger partial charge in [-0.3, -0.25) is 19.3 Å². The lowest BCUT2D eigenvalue weighted by molar-refractivity contribution is -0.137. The van der Waals surface area contributed by atoms with Gasteiger partial charge in [-0.15, -0.1) is 0 Å². The summed E-state index contributed by atoms with van der Waals surface area (Å²) < 4.78 is 95.6. The van der Waals surface area contributed by atoms with Crippen molar-refractivity contribution in [2.45, 2.75) is 18.6 Å². The Labute approximate surface area is 241 Å². The number of rotatable bonds is 5. The number of nitrogens with zero attached hydrogens (tertiary/aromatic N) is 3. The number of amides is 3. The maximum absolute atomic E-state index is 14.3. The van der Waals surface area contributed by atoms with Crippen molar-refractivity contribution in [2.24, 2.45) is 4.99 Å². The van der Waals surface area contributed by atoms with Crippen molar-refractivity contribution in [3.63, 3.8) is 0 Å². The summed E-state index contributed by atoms with van der Waals surface area (Å²) in [7, 11) is 0. The van der Waals surface area contributed by atoms with E-state index in [1.54, 1.807) is 0 Å². The second kappa shape index (κ2) is 9.97. The molecule has 3 heterocycles. The predicted octanol–water partition coefficient (Wildman–Crippen LogP) is 5.51. The number of halogens is 8. The largest absolute Gasteiger partial charge is 0.416 e. The second-order valence-corrected chi connectivity index (χ2v) is 10.1. The highest BCUT2D eigenvalue weighted by Crippen LogP contribution is 2.51. The van der Waals surface area contributed by atoms with Crippen molar-refractivity contribution in [3.05, 3.63) is 86.9 Å². The number of carbonyl (C=O) groups excluding carboxylic acids is 3. The van der Waals surface area contributed by atoms with E-state index in [2.05, 4.69) is 15.6 Å². The maximum Gasteiger partial charge on any atom is 0.416 e. The number of carbonyl (C=O) groups is 3. The molecular formula is C27H15ClF7N5O3. The van der Waals surface area contributed by atoms with Gasteiger partial charge in [-0.05, 0) is 42.5 Å². The molecule has 0 spiro atoms. The predicted molar refractivity (Wildman–Crippen MR) is 140 cm³/mol. The first kappa shape index (κ1) is 28.5. The van der Waals surface area contributed by atoms with Gasteiger partial charge >= 0.3 is 6.18 Å². The van der Waals surface area contributed by atoms with Gasteiger partial charge in [-0.25, -0.2) is 17.6 Å². The summed E-state index contributed by atoms with van der Waals surface area (Å²) in [5.41, 5.74) is -2.73. The van der Waals surface area contributed by atoms with E-state index in [0.29, 0.717) is 12.1 Å². The molecule has 3 amide bonds. The van der Waals surface area contributed by atoms with Crippen molar-refractivity contribution in [3.8, 4) is 0 Å². The molecule has 2 N–H and O–H groups in total. The summed E-state index contributed by atoms with van der Waals surface area (Å²) >= 11 is 6.31. The van der Waals surface area contributed by atoms with Crippen LogP contribution in [-0.2, 0) is 11.0 Å². The van der Waals surface area contributed by atoms with E-state index in [4.69, 9.17) is 11.6 Å². The van der Waals surface area contributed by atoms with Gasteiger partial charge in [0.25, 0.3) is 24.1 Å². The number of benzene rings is 3. The quantitative estimate of drug-likeness (QED) is 0.365. The van der Waals surface area contributed by atoms with Crippen molar-refractivity contribution in [2.75, 3.05) is 28.2 Å². The Kier molecular flexibility index (Phi) is 6.60. The summed E-state index contributed by atoms with van der Waals surface area (Å²) in [5, 5.41) is 4.95. The van der Waals surface area contributed by atoms with Gasteiger partial charge in [-0.2, -0.15) is 18.2 Å². The van der Waals surface area contributed by atoms with Gasteiger partial charge < -0.3 is 15.5 Å². The number of aliphatic imine (C=N–C) groups is 1. The minimum Gasteiger partial charge on any atom is -0.341 e. The van der Waals surface area contributed by atoms with Crippen LogP contribution in [-0.4, -0.2) is 43.2 Å². The summed E-state index contributed by atoms with van der Waals surface area (Å²) in [6.45, 7) is -1.37. The zero-order valence-electron chi connectivity index (χ0n) is 21.2. The zero-order chi connectivity index (χ0) is 31.0. The van der Waals surface area contributed by atoms with Crippen molar-refractivity contribution in [1.82, 2.24) is 5.32 Å². The SMILES string of the molecule is O=C1CN2C(=N1)N(CC(F)F)c1cc(NC(=O)c3cc(F)cc(C(F)(F)F)c3)c3c(c12)C(=O)NC3c1cc(F)ccc1Cl. The average Bonchev–Trinajstić information content (AvgIpc) is 3.54. The van der Waals surface area contributed by atoms with Crippen LogP contribution < -0.4 is 20.4 Å². The fourth-order valence-electron chi connectivity index (χ4n) is 5.33. The molecule has 1 atom stereocenters. The molecule has 1 unspecified atom stereocenters. The Morgan fingerprint density at radius 3 is 2.53 bits per heavy atom. The molecule has 0 aliphatic carbocycles. The Bertz CT molecular complexity index is 1780. The average molecular weight is 626 g/mol. The van der Waals surface area contributed by atoms with Gasteiger partial charge in [0.1, 0.15) is 18.2 Å². The molecular weight excluding hydrogens is 611 g/mol. The summed E-state index contributed by atoms with van der Waals surface area (Å²) in [4.78, 5) is 44.9. The monoisotopic (exact) mass is 625 g/mol. The molecule has 0 bridgehead atoms.